The molecule has 17 aromatic carbocycles. The average molecular weight is 1610 g/mol. The molecular weight excluding hydrogens is 1540 g/mol. The Hall–Kier alpha value is -16.0. The van der Waals surface area contributed by atoms with Crippen molar-refractivity contribution in [2.24, 2.45) is 0 Å². The van der Waals surface area contributed by atoms with Crippen LogP contribution in [0.15, 0.2) is 435 Å². The number of furan rings is 1. The number of benzene rings is 17. The van der Waals surface area contributed by atoms with Crippen molar-refractivity contribution in [2.45, 2.75) is 0 Å². The fraction of sp³-hybridized carbons (Fsp3) is 0. The Morgan fingerprint density at radius 2 is 0.415 bits per heavy atom. The van der Waals surface area contributed by atoms with Crippen molar-refractivity contribution in [3.05, 3.63) is 431 Å². The molecule has 10 nitrogen and oxygen atoms in total. The SMILES string of the molecule is c1ccc(-c2ccc(-c3ccc4sc5cccc(-c6nc(-c7ccccc7)nc(-c7ccccc7)n6)c5c4c3)cc2)cc1.c1ccc(-c2ccc(-c3nc(-c4ccccc4)nc(-c4cccc5sc6ccccc6c45)n3)cc2)cc1.c1ccc(-c2nc(-c3ccccc3)nc(-c3cccc(-c4cccc(-c5cccc6oc7ccccc7c56)c4)c3)n2)cc1. The number of hydrogen-bond acceptors (Lipinski definition) is 12. The van der Waals surface area contributed by atoms with Crippen molar-refractivity contribution in [1.82, 2.24) is 44.9 Å². The Bertz CT molecular complexity index is 7650. The lowest BCUT2D eigenvalue weighted by atomic mass is 9.95. The number of rotatable bonds is 14. The molecule has 578 valence electrons. The molecule has 0 saturated carbocycles. The van der Waals surface area contributed by atoms with Crippen LogP contribution in [-0.2, 0) is 0 Å². The van der Waals surface area contributed by atoms with Crippen molar-refractivity contribution in [3.8, 4) is 158 Å². The molecule has 0 saturated heterocycles. The molecule has 0 spiro atoms. The van der Waals surface area contributed by atoms with Crippen molar-refractivity contribution < 1.29 is 4.42 Å². The number of fused-ring (bicyclic) bond motifs is 9. The first-order valence-corrected chi connectivity index (χ1v) is 42.4. The summed E-state index contributed by atoms with van der Waals surface area (Å²) in [5, 5.41) is 7.07. The molecule has 0 fully saturated rings. The summed E-state index contributed by atoms with van der Waals surface area (Å²) in [7, 11) is 0. The molecule has 0 aliphatic rings. The summed E-state index contributed by atoms with van der Waals surface area (Å²) < 4.78 is 11.1. The average Bonchev–Trinajstić information content (AvgIpc) is 1.63. The second kappa shape index (κ2) is 33.4. The third-order valence-corrected chi connectivity index (χ3v) is 24.3. The normalized spacial score (nSPS) is 11.3. The molecule has 6 aromatic heterocycles. The van der Waals surface area contributed by atoms with Gasteiger partial charge in [0.05, 0.1) is 0 Å². The molecule has 0 radical (unpaired) electrons. The first kappa shape index (κ1) is 74.5. The Morgan fingerprint density at radius 1 is 0.146 bits per heavy atom. The molecule has 0 aliphatic carbocycles. The molecule has 23 aromatic rings. The van der Waals surface area contributed by atoms with Gasteiger partial charge in [0.2, 0.25) is 0 Å². The van der Waals surface area contributed by atoms with Crippen LogP contribution in [0.3, 0.4) is 0 Å². The Balaban J connectivity index is 0.000000114. The van der Waals surface area contributed by atoms with Crippen molar-refractivity contribution in [2.75, 3.05) is 0 Å². The summed E-state index contributed by atoms with van der Waals surface area (Å²) in [5.74, 6) is 5.97. The minimum Gasteiger partial charge on any atom is -0.456 e. The number of nitrogens with zero attached hydrogens (tertiary/aromatic N) is 9. The van der Waals surface area contributed by atoms with E-state index in [-0.39, 0.29) is 0 Å². The highest BCUT2D eigenvalue weighted by Gasteiger charge is 2.22. The smallest absolute Gasteiger partial charge is 0.164 e. The van der Waals surface area contributed by atoms with Crippen molar-refractivity contribution >= 4 is 85.0 Å². The van der Waals surface area contributed by atoms with Crippen molar-refractivity contribution in [3.63, 3.8) is 0 Å². The lowest BCUT2D eigenvalue weighted by molar-refractivity contribution is 0.669. The number of aromatic nitrogens is 9. The summed E-state index contributed by atoms with van der Waals surface area (Å²) in [6.45, 7) is 0. The van der Waals surface area contributed by atoms with Gasteiger partial charge >= 0.3 is 0 Å². The van der Waals surface area contributed by atoms with Crippen LogP contribution in [-0.4, -0.2) is 44.9 Å². The molecule has 12 heteroatoms. The van der Waals surface area contributed by atoms with Gasteiger partial charge in [-0.1, -0.05) is 376 Å². The largest absolute Gasteiger partial charge is 0.456 e. The van der Waals surface area contributed by atoms with Gasteiger partial charge < -0.3 is 4.42 Å². The standard InChI is InChI=1S/C39H25N3O.C39H25N3S.C33H21N3S/c1-3-12-26(13-4-1)37-40-38(27-14-5-2-6-15-27)42-39(41-37)31-19-10-17-29(25-31)28-16-9-18-30(24-28)32-21-11-23-35-36(32)33-20-7-8-22-34(33)43-35;1-4-11-26(12-5-1)27-19-21-28(22-20-27)31-23-24-34-33(25-31)36-32(17-10-18-35(36)43-34)39-41-37(29-13-6-2-7-14-29)40-38(42-39)30-15-8-3-9-16-30;1-3-10-22(11-4-1)23-18-20-25(21-19-23)32-34-31(24-12-5-2-6-13-24)35-33(36-32)27-15-9-17-29-30(27)26-14-7-8-16-28(26)37-29/h2*1-25H;1-21H. The topological polar surface area (TPSA) is 129 Å². The van der Waals surface area contributed by atoms with Gasteiger partial charge in [0, 0.05) is 101 Å². The molecular formula is C111H71N9OS2. The minimum absolute atomic E-state index is 0.639. The second-order valence-electron chi connectivity index (χ2n) is 29.8. The van der Waals surface area contributed by atoms with E-state index in [1.807, 2.05) is 176 Å². The van der Waals surface area contributed by atoms with E-state index in [1.165, 1.54) is 68.2 Å². The summed E-state index contributed by atoms with van der Waals surface area (Å²) >= 11 is 3.60. The first-order chi connectivity index (χ1) is 60.9. The lowest BCUT2D eigenvalue weighted by Gasteiger charge is -2.11. The zero-order chi connectivity index (χ0) is 81.8. The highest BCUT2D eigenvalue weighted by atomic mass is 32.1. The molecule has 0 unspecified atom stereocenters. The van der Waals surface area contributed by atoms with Gasteiger partial charge in [-0.25, -0.2) is 44.9 Å². The van der Waals surface area contributed by atoms with Crippen LogP contribution in [0.5, 0.6) is 0 Å². The van der Waals surface area contributed by atoms with Crippen LogP contribution in [0.2, 0.25) is 0 Å². The Labute approximate surface area is 717 Å². The summed E-state index contributed by atoms with van der Waals surface area (Å²) in [6, 6.07) is 148. The van der Waals surface area contributed by atoms with Crippen LogP contribution in [0, 0.1) is 0 Å². The Kier molecular flexibility index (Phi) is 20.3. The molecule has 23 rings (SSSR count). The molecule has 0 aliphatic heterocycles. The van der Waals surface area contributed by atoms with Gasteiger partial charge in [0.25, 0.3) is 0 Å². The summed E-state index contributed by atoms with van der Waals surface area (Å²) in [5.41, 5.74) is 22.2. The van der Waals surface area contributed by atoms with E-state index in [2.05, 4.69) is 255 Å². The predicted octanol–water partition coefficient (Wildman–Crippen LogP) is 29.6. The van der Waals surface area contributed by atoms with Gasteiger partial charge in [-0.05, 0) is 110 Å². The lowest BCUT2D eigenvalue weighted by Crippen LogP contribution is -2.00. The van der Waals surface area contributed by atoms with E-state index in [0.29, 0.717) is 52.4 Å². The van der Waals surface area contributed by atoms with Crippen LogP contribution >= 0.6 is 22.7 Å². The summed E-state index contributed by atoms with van der Waals surface area (Å²) in [6.07, 6.45) is 0. The van der Waals surface area contributed by atoms with E-state index in [9.17, 15) is 0 Å². The van der Waals surface area contributed by atoms with Gasteiger partial charge in [0.1, 0.15) is 11.2 Å². The van der Waals surface area contributed by atoms with Gasteiger partial charge in [-0.15, -0.1) is 22.7 Å². The molecule has 0 bridgehead atoms. The van der Waals surface area contributed by atoms with Crippen LogP contribution in [0.25, 0.3) is 220 Å². The highest BCUT2D eigenvalue weighted by molar-refractivity contribution is 7.26. The van der Waals surface area contributed by atoms with Crippen LogP contribution in [0.1, 0.15) is 0 Å². The van der Waals surface area contributed by atoms with E-state index >= 15 is 0 Å². The molecule has 123 heavy (non-hydrogen) atoms. The maximum atomic E-state index is 6.16. The third-order valence-electron chi connectivity index (χ3n) is 22.1. The number of thiophene rings is 2. The van der Waals surface area contributed by atoms with Gasteiger partial charge in [-0.3, -0.25) is 0 Å². The first-order valence-electron chi connectivity index (χ1n) is 40.8. The molecule has 0 atom stereocenters. The predicted molar refractivity (Wildman–Crippen MR) is 509 cm³/mol. The Morgan fingerprint density at radius 3 is 0.878 bits per heavy atom. The molecule has 0 N–H and O–H groups in total. The monoisotopic (exact) mass is 1610 g/mol. The molecule has 6 heterocycles. The second-order valence-corrected chi connectivity index (χ2v) is 32.0. The van der Waals surface area contributed by atoms with Crippen LogP contribution in [0.4, 0.5) is 0 Å². The zero-order valence-corrected chi connectivity index (χ0v) is 67.9. The van der Waals surface area contributed by atoms with Crippen LogP contribution < -0.4 is 0 Å². The van der Waals surface area contributed by atoms with Gasteiger partial charge in [-0.2, -0.15) is 0 Å². The van der Waals surface area contributed by atoms with E-state index < -0.39 is 0 Å². The van der Waals surface area contributed by atoms with E-state index in [0.717, 1.165) is 99.8 Å². The summed E-state index contributed by atoms with van der Waals surface area (Å²) in [4.78, 5) is 44.6. The maximum absolute atomic E-state index is 6.16. The van der Waals surface area contributed by atoms with Gasteiger partial charge in [0.15, 0.2) is 52.4 Å². The molecule has 0 amide bonds. The maximum Gasteiger partial charge on any atom is 0.164 e. The van der Waals surface area contributed by atoms with E-state index in [4.69, 9.17) is 49.3 Å². The number of para-hydroxylation sites is 1. The highest BCUT2D eigenvalue weighted by Crippen LogP contribution is 2.45. The van der Waals surface area contributed by atoms with Crippen molar-refractivity contribution in [1.29, 1.82) is 0 Å². The third kappa shape index (κ3) is 15.4. The van der Waals surface area contributed by atoms with E-state index in [1.54, 1.807) is 22.7 Å². The minimum atomic E-state index is 0.639. The zero-order valence-electron chi connectivity index (χ0n) is 66.2. The fourth-order valence-electron chi connectivity index (χ4n) is 16.0. The fourth-order valence-corrected chi connectivity index (χ4v) is 18.3. The quantitative estimate of drug-likeness (QED) is 0.104. The number of hydrogen-bond donors (Lipinski definition) is 0.